The quantitative estimate of drug-likeness (QED) is 0.0392. The summed E-state index contributed by atoms with van der Waals surface area (Å²) >= 11 is 0. The highest BCUT2D eigenvalue weighted by atomic mass is 16.6. The molecule has 0 saturated heterocycles. The molecule has 14 nitrogen and oxygen atoms in total. The number of ether oxygens (including phenoxy) is 2. The van der Waals surface area contributed by atoms with Crippen LogP contribution in [-0.4, -0.2) is 83.3 Å². The summed E-state index contributed by atoms with van der Waals surface area (Å²) in [6.45, 7) is 20.1. The summed E-state index contributed by atoms with van der Waals surface area (Å²) in [5, 5.41) is 23.7. The Balaban J connectivity index is 1.98. The molecule has 2 aliphatic rings. The fourth-order valence-corrected chi connectivity index (χ4v) is 7.87. The van der Waals surface area contributed by atoms with Gasteiger partial charge in [-0.25, -0.2) is 19.2 Å². The van der Waals surface area contributed by atoms with E-state index in [1.165, 1.54) is 0 Å². The number of carboxylic acid groups (broad SMARTS) is 2. The van der Waals surface area contributed by atoms with Gasteiger partial charge in [0.05, 0.1) is 0 Å². The highest BCUT2D eigenvalue weighted by molar-refractivity contribution is 6.02. The van der Waals surface area contributed by atoms with Crippen LogP contribution in [0.25, 0.3) is 0 Å². The Labute approximate surface area is 403 Å². The molecule has 372 valence electrons. The van der Waals surface area contributed by atoms with Crippen LogP contribution >= 0.6 is 0 Å². The van der Waals surface area contributed by atoms with E-state index in [4.69, 9.17) is 20.9 Å². The van der Waals surface area contributed by atoms with Crippen LogP contribution in [0.4, 0.5) is 9.59 Å². The number of ketones is 2. The lowest BCUT2D eigenvalue weighted by atomic mass is 9.71. The molecule has 0 saturated carbocycles. The zero-order valence-electron chi connectivity index (χ0n) is 41.8. The van der Waals surface area contributed by atoms with Crippen LogP contribution < -0.4 is 22.1 Å². The first-order valence-electron chi connectivity index (χ1n) is 23.3. The molecule has 14 heteroatoms. The minimum absolute atomic E-state index is 0.213. The molecule has 8 N–H and O–H groups in total. The number of nitrogens with two attached hydrogens (primary N) is 2. The summed E-state index contributed by atoms with van der Waals surface area (Å²) < 4.78 is 10.9. The van der Waals surface area contributed by atoms with Crippen molar-refractivity contribution in [3.05, 3.63) is 130 Å². The highest BCUT2D eigenvalue weighted by Gasteiger charge is 2.41. The Morgan fingerprint density at radius 2 is 0.912 bits per heavy atom. The average molecular weight is 941 g/mol. The zero-order valence-corrected chi connectivity index (χ0v) is 41.8. The lowest BCUT2D eigenvalue weighted by molar-refractivity contribution is -0.140. The number of unbranched alkanes of at least 4 members (excludes halogenated alkanes) is 2. The van der Waals surface area contributed by atoms with E-state index < -0.39 is 59.2 Å². The van der Waals surface area contributed by atoms with Gasteiger partial charge < -0.3 is 41.8 Å². The molecule has 4 atom stereocenters. The Morgan fingerprint density at radius 3 is 1.24 bits per heavy atom. The minimum atomic E-state index is -1.17. The molecule has 0 fully saturated rings. The number of nitrogens with one attached hydrogen (secondary N) is 2. The van der Waals surface area contributed by atoms with E-state index in [9.17, 15) is 39.0 Å². The van der Waals surface area contributed by atoms with Crippen molar-refractivity contribution in [3.8, 4) is 0 Å². The smallest absolute Gasteiger partial charge is 0.408 e. The predicted octanol–water partition coefficient (Wildman–Crippen LogP) is 9.54. The molecule has 0 aliphatic heterocycles. The van der Waals surface area contributed by atoms with Gasteiger partial charge in [-0.15, -0.1) is 0 Å². The van der Waals surface area contributed by atoms with Gasteiger partial charge in [0, 0.05) is 12.8 Å². The van der Waals surface area contributed by atoms with Crippen molar-refractivity contribution < 1.29 is 48.5 Å². The second kappa shape index (κ2) is 28.3. The first-order chi connectivity index (χ1) is 31.9. The van der Waals surface area contributed by atoms with E-state index in [1.807, 2.05) is 140 Å². The third-order valence-electron chi connectivity index (χ3n) is 11.8. The standard InChI is InChI=1S/C54H76N4O10/c1-35(21-17-23-37(3)27-29-41-39(5)47(59)45(33-53(41,7)8)67-51(65)57-43(49(61)62)25-13-15-31-55)19-11-12-20-36(2)22-18-24-38(4)28-30-42-40(6)48(60)46(34-54(42,9)10)68-52(66)58-44(50(63)64)26-14-16-32-56/h11-12,17-24,27-30,43-46H,13-16,25-26,31-34,55-56H2,1-10H3,(H,57,65)(H,58,66)(H,61,62)(H,63,64). The number of Topliss-reactive ketones (excluding diaryl/α,β-unsaturated/α-hetero) is 2. The number of aliphatic carboxylic acids is 2. The van der Waals surface area contributed by atoms with Crippen LogP contribution in [0.1, 0.15) is 121 Å². The number of alkyl carbamates (subject to hydrolysis) is 2. The molecular weight excluding hydrogens is 865 g/mol. The third kappa shape index (κ3) is 19.6. The molecule has 2 rings (SSSR count). The van der Waals surface area contributed by atoms with E-state index in [0.717, 1.165) is 33.4 Å². The number of allylic oxidation sites excluding steroid dienone is 20. The second-order valence-electron chi connectivity index (χ2n) is 18.8. The van der Waals surface area contributed by atoms with Crippen molar-refractivity contribution in [1.82, 2.24) is 10.6 Å². The maximum Gasteiger partial charge on any atom is 0.408 e. The first kappa shape index (κ1) is 58.0. The Kier molecular flexibility index (Phi) is 24.1. The number of rotatable bonds is 24. The summed E-state index contributed by atoms with van der Waals surface area (Å²) in [5.74, 6) is -2.97. The molecule has 0 aromatic carbocycles. The van der Waals surface area contributed by atoms with Crippen LogP contribution in [0.5, 0.6) is 0 Å². The lowest BCUT2D eigenvalue weighted by Gasteiger charge is -2.36. The Bertz CT molecular complexity index is 2040. The van der Waals surface area contributed by atoms with Crippen LogP contribution in [-0.2, 0) is 28.7 Å². The lowest BCUT2D eigenvalue weighted by Crippen LogP contribution is -2.45. The number of carboxylic acids is 2. The normalized spacial score (nSPS) is 20.6. The minimum Gasteiger partial charge on any atom is -0.480 e. The van der Waals surface area contributed by atoms with Gasteiger partial charge in [0.25, 0.3) is 0 Å². The second-order valence-corrected chi connectivity index (χ2v) is 18.8. The van der Waals surface area contributed by atoms with Gasteiger partial charge in [-0.3, -0.25) is 9.59 Å². The summed E-state index contributed by atoms with van der Waals surface area (Å²) in [5.41, 5.74) is 16.7. The number of hydrogen-bond acceptors (Lipinski definition) is 10. The maximum atomic E-state index is 13.3. The molecule has 0 heterocycles. The van der Waals surface area contributed by atoms with Crippen LogP contribution in [0.15, 0.2) is 130 Å². The van der Waals surface area contributed by atoms with Crippen LogP contribution in [0.2, 0.25) is 0 Å². The molecule has 0 bridgehead atoms. The predicted molar refractivity (Wildman–Crippen MR) is 268 cm³/mol. The molecule has 0 spiro atoms. The van der Waals surface area contributed by atoms with Crippen molar-refractivity contribution in [2.24, 2.45) is 22.3 Å². The van der Waals surface area contributed by atoms with E-state index >= 15 is 0 Å². The van der Waals surface area contributed by atoms with Gasteiger partial charge in [0.1, 0.15) is 12.1 Å². The summed E-state index contributed by atoms with van der Waals surface area (Å²) in [6.07, 6.45) is 26.9. The topological polar surface area (TPSA) is 237 Å². The van der Waals surface area contributed by atoms with Gasteiger partial charge in [-0.1, -0.05) is 135 Å². The number of carbonyl (C=O) groups excluding carboxylic acids is 4. The first-order valence-corrected chi connectivity index (χ1v) is 23.3. The largest absolute Gasteiger partial charge is 0.480 e. The summed E-state index contributed by atoms with van der Waals surface area (Å²) in [7, 11) is 0. The van der Waals surface area contributed by atoms with Gasteiger partial charge in [-0.2, -0.15) is 0 Å². The van der Waals surface area contributed by atoms with Gasteiger partial charge in [0.15, 0.2) is 23.8 Å². The molecule has 0 aromatic heterocycles. The van der Waals surface area contributed by atoms with Crippen molar-refractivity contribution >= 4 is 35.7 Å². The average Bonchev–Trinajstić information content (AvgIpc) is 3.24. The van der Waals surface area contributed by atoms with Crippen LogP contribution in [0, 0.1) is 10.8 Å². The Morgan fingerprint density at radius 1 is 0.588 bits per heavy atom. The number of amides is 2. The van der Waals surface area contributed by atoms with E-state index in [0.29, 0.717) is 49.9 Å². The van der Waals surface area contributed by atoms with Crippen molar-refractivity contribution in [2.45, 2.75) is 145 Å². The van der Waals surface area contributed by atoms with Crippen molar-refractivity contribution in [1.29, 1.82) is 0 Å². The monoisotopic (exact) mass is 941 g/mol. The molecule has 4 unspecified atom stereocenters. The van der Waals surface area contributed by atoms with Gasteiger partial charge >= 0.3 is 24.1 Å². The number of carbonyl (C=O) groups is 6. The SMILES string of the molecule is CC(C=CC=C(C)C=CC1=C(C)C(=O)C(OC(=O)NC(CCCCN)C(=O)O)CC1(C)C)=CC=CC=C(C)C=CC=C(C)C=CC1=C(C)C(=O)C(OC(=O)NC(CCCCN)C(=O)O)CC1(C)C. The zero-order chi connectivity index (χ0) is 51.2. The molecule has 68 heavy (non-hydrogen) atoms. The summed E-state index contributed by atoms with van der Waals surface area (Å²) in [6, 6.07) is -2.25. The van der Waals surface area contributed by atoms with Gasteiger partial charge in [0.2, 0.25) is 0 Å². The molecule has 2 aliphatic carbocycles. The van der Waals surface area contributed by atoms with E-state index in [-0.39, 0.29) is 37.2 Å². The van der Waals surface area contributed by atoms with E-state index in [1.54, 1.807) is 13.8 Å². The highest BCUT2D eigenvalue weighted by Crippen LogP contribution is 2.42. The van der Waals surface area contributed by atoms with Gasteiger partial charge in [-0.05, 0) is 126 Å². The maximum absolute atomic E-state index is 13.3. The van der Waals surface area contributed by atoms with Crippen LogP contribution in [0.3, 0.4) is 0 Å². The Hall–Kier alpha value is -6.12. The number of hydrogen-bond donors (Lipinski definition) is 6. The molecule has 0 radical (unpaired) electrons. The van der Waals surface area contributed by atoms with E-state index in [2.05, 4.69) is 10.6 Å². The summed E-state index contributed by atoms with van der Waals surface area (Å²) in [4.78, 5) is 75.0. The molecule has 2 amide bonds. The molecule has 0 aromatic rings. The van der Waals surface area contributed by atoms with Crippen molar-refractivity contribution in [3.63, 3.8) is 0 Å². The molecular formula is C54H76N4O10. The fraction of sp³-hybridized carbons (Fsp3) is 0.481. The van der Waals surface area contributed by atoms with Crippen molar-refractivity contribution in [2.75, 3.05) is 13.1 Å². The third-order valence-corrected chi connectivity index (χ3v) is 11.8. The fourth-order valence-electron chi connectivity index (χ4n) is 7.87.